The Morgan fingerprint density at radius 1 is 1.11 bits per heavy atom. The molecule has 1 aliphatic heterocycles. The van der Waals surface area contributed by atoms with E-state index in [0.29, 0.717) is 29.1 Å². The van der Waals surface area contributed by atoms with Crippen LogP contribution in [0.5, 0.6) is 11.8 Å². The summed E-state index contributed by atoms with van der Waals surface area (Å²) in [6, 6.07) is 6.52. The van der Waals surface area contributed by atoms with Crippen molar-refractivity contribution in [3.63, 3.8) is 0 Å². The summed E-state index contributed by atoms with van der Waals surface area (Å²) in [5.41, 5.74) is 1.84. The smallest absolute Gasteiger partial charge is 0.326 e. The van der Waals surface area contributed by atoms with Crippen LogP contribution in [0.25, 0.3) is 10.9 Å². The van der Waals surface area contributed by atoms with E-state index in [-0.39, 0.29) is 28.7 Å². The molecule has 0 amide bonds. The molecule has 11 heteroatoms. The average Bonchev–Trinajstić information content (AvgIpc) is 3.45. The van der Waals surface area contributed by atoms with Crippen molar-refractivity contribution in [3.05, 3.63) is 47.3 Å². The van der Waals surface area contributed by atoms with Crippen LogP contribution in [0.2, 0.25) is 0 Å². The molecule has 0 spiro atoms. The maximum Gasteiger partial charge on any atom is 0.326 e. The van der Waals surface area contributed by atoms with Gasteiger partial charge in [-0.1, -0.05) is 0 Å². The lowest BCUT2D eigenvalue weighted by Crippen LogP contribution is -2.49. The second kappa shape index (κ2) is 8.49. The van der Waals surface area contributed by atoms with Crippen LogP contribution in [0.4, 0.5) is 26.2 Å². The number of benzene rings is 1. The van der Waals surface area contributed by atoms with E-state index in [2.05, 4.69) is 47.6 Å². The minimum Gasteiger partial charge on any atom is -0.421 e. The number of fused-ring (bicyclic) bond motifs is 1. The van der Waals surface area contributed by atoms with Gasteiger partial charge in [-0.25, -0.2) is 8.78 Å². The lowest BCUT2D eigenvalue weighted by molar-refractivity contribution is 0.409. The Kier molecular flexibility index (Phi) is 5.28. The number of aryl methyl sites for hydroxylation is 1. The van der Waals surface area contributed by atoms with Crippen LogP contribution >= 0.6 is 0 Å². The van der Waals surface area contributed by atoms with E-state index in [1.165, 1.54) is 0 Å². The van der Waals surface area contributed by atoms with Gasteiger partial charge >= 0.3 is 6.01 Å². The van der Waals surface area contributed by atoms with Crippen molar-refractivity contribution in [3.8, 4) is 11.8 Å². The van der Waals surface area contributed by atoms with Gasteiger partial charge in [-0.2, -0.15) is 15.1 Å². The Hall–Kier alpha value is -3.73. The van der Waals surface area contributed by atoms with E-state index in [1.54, 1.807) is 13.0 Å². The molecule has 35 heavy (non-hydrogen) atoms. The number of nitrogens with one attached hydrogen (secondary N) is 4. The lowest BCUT2D eigenvalue weighted by atomic mass is 10.2. The number of ether oxygens (including phenoxy) is 1. The summed E-state index contributed by atoms with van der Waals surface area (Å²) < 4.78 is 35.5. The first-order valence-corrected chi connectivity index (χ1v) is 11.8. The highest BCUT2D eigenvalue weighted by atomic mass is 19.1. The van der Waals surface area contributed by atoms with Gasteiger partial charge in [0.15, 0.2) is 23.2 Å². The summed E-state index contributed by atoms with van der Waals surface area (Å²) in [5, 5.41) is 14.1. The molecule has 3 aromatic heterocycles. The molecule has 6 rings (SSSR count). The van der Waals surface area contributed by atoms with Gasteiger partial charge in [0.25, 0.3) is 0 Å². The minimum atomic E-state index is -0.675. The Morgan fingerprint density at radius 3 is 2.77 bits per heavy atom. The molecular formula is C24H26F2N8O. The molecule has 2 aliphatic rings. The number of piperazine rings is 1. The Morgan fingerprint density at radius 2 is 1.97 bits per heavy atom. The van der Waals surface area contributed by atoms with Crippen molar-refractivity contribution < 1.29 is 13.5 Å². The molecule has 9 nitrogen and oxygen atoms in total. The molecule has 1 saturated carbocycles. The molecule has 0 radical (unpaired) electrons. The minimum absolute atomic E-state index is 0.0842. The third-order valence-corrected chi connectivity index (χ3v) is 6.36. The van der Waals surface area contributed by atoms with Crippen molar-refractivity contribution in [2.24, 2.45) is 0 Å². The quantitative estimate of drug-likeness (QED) is 0.322. The molecule has 4 N–H and O–H groups in total. The molecule has 4 aromatic rings. The zero-order valence-corrected chi connectivity index (χ0v) is 19.5. The molecule has 1 saturated heterocycles. The van der Waals surface area contributed by atoms with Crippen molar-refractivity contribution in [2.45, 2.75) is 38.6 Å². The van der Waals surface area contributed by atoms with Crippen LogP contribution < -0.4 is 20.3 Å². The van der Waals surface area contributed by atoms with Gasteiger partial charge < -0.3 is 25.3 Å². The largest absolute Gasteiger partial charge is 0.421 e. The predicted octanol–water partition coefficient (Wildman–Crippen LogP) is 4.48. The topological polar surface area (TPSA) is 107 Å². The highest BCUT2D eigenvalue weighted by molar-refractivity contribution is 5.83. The lowest BCUT2D eigenvalue weighted by Gasteiger charge is -2.32. The second-order valence-electron chi connectivity index (χ2n) is 9.32. The van der Waals surface area contributed by atoms with Crippen molar-refractivity contribution in [2.75, 3.05) is 29.9 Å². The summed E-state index contributed by atoms with van der Waals surface area (Å²) in [6.45, 7) is 6.12. The third kappa shape index (κ3) is 4.39. The first-order valence-electron chi connectivity index (χ1n) is 11.8. The maximum atomic E-state index is 15.2. The zero-order valence-electron chi connectivity index (χ0n) is 19.5. The highest BCUT2D eigenvalue weighted by Gasteiger charge is 2.26. The van der Waals surface area contributed by atoms with E-state index >= 15 is 4.39 Å². The first-order chi connectivity index (χ1) is 16.9. The SMILES string of the molecule is Cc1cc2c(F)c(Oc3nc(Nc4cc(C5CC5)[nH]n4)cc(N4CCNC(C)C4)n3)cc(F)c2[nH]1. The van der Waals surface area contributed by atoms with E-state index in [9.17, 15) is 4.39 Å². The van der Waals surface area contributed by atoms with Crippen LogP contribution in [-0.4, -0.2) is 50.8 Å². The van der Waals surface area contributed by atoms with Crippen molar-refractivity contribution in [1.82, 2.24) is 30.5 Å². The highest BCUT2D eigenvalue weighted by Crippen LogP contribution is 2.40. The maximum absolute atomic E-state index is 15.2. The standard InChI is InChI=1S/C24H26F2N8O/c1-12-7-15-22(26)18(8-16(25)23(15)28-12)35-24-30-19(29-20-9-17(32-33-20)14-3-4-14)10-21(31-24)34-6-5-27-13(2)11-34/h7-10,13-14,27-28H,3-6,11H2,1-2H3,(H2,29,30,31,32,33). The summed E-state index contributed by atoms with van der Waals surface area (Å²) in [5.74, 6) is 0.669. The van der Waals surface area contributed by atoms with E-state index in [0.717, 1.165) is 44.2 Å². The number of hydrogen-bond donors (Lipinski definition) is 4. The Labute approximate surface area is 200 Å². The van der Waals surface area contributed by atoms with Gasteiger partial charge in [-0.3, -0.25) is 5.10 Å². The second-order valence-corrected chi connectivity index (χ2v) is 9.32. The van der Waals surface area contributed by atoms with Crippen LogP contribution in [0, 0.1) is 18.6 Å². The Bertz CT molecular complexity index is 1400. The molecule has 1 aromatic carbocycles. The number of halogens is 2. The molecule has 182 valence electrons. The summed E-state index contributed by atoms with van der Waals surface area (Å²) in [7, 11) is 0. The first kappa shape index (κ1) is 21.8. The molecule has 1 aliphatic carbocycles. The van der Waals surface area contributed by atoms with Crippen LogP contribution in [0.1, 0.15) is 37.1 Å². The number of anilines is 3. The van der Waals surface area contributed by atoms with Gasteiger partial charge in [0.1, 0.15) is 11.6 Å². The summed E-state index contributed by atoms with van der Waals surface area (Å²) in [4.78, 5) is 13.9. The Balaban J connectivity index is 1.35. The van der Waals surface area contributed by atoms with Gasteiger partial charge in [0.05, 0.1) is 5.52 Å². The third-order valence-electron chi connectivity index (χ3n) is 6.36. The fourth-order valence-electron chi connectivity index (χ4n) is 4.47. The van der Waals surface area contributed by atoms with Gasteiger partial charge in [-0.15, -0.1) is 0 Å². The molecule has 0 bridgehead atoms. The van der Waals surface area contributed by atoms with E-state index < -0.39 is 11.6 Å². The van der Waals surface area contributed by atoms with E-state index in [1.807, 2.05) is 12.1 Å². The normalized spacial score (nSPS) is 18.3. The number of aromatic amines is 2. The molecule has 4 heterocycles. The fraction of sp³-hybridized carbons (Fsp3) is 0.375. The number of aromatic nitrogens is 5. The molecule has 2 fully saturated rings. The van der Waals surface area contributed by atoms with E-state index in [4.69, 9.17) is 4.74 Å². The average molecular weight is 481 g/mol. The van der Waals surface area contributed by atoms with Crippen LogP contribution in [0.15, 0.2) is 24.3 Å². The fourth-order valence-corrected chi connectivity index (χ4v) is 4.47. The van der Waals surface area contributed by atoms with Gasteiger partial charge in [0, 0.05) is 66.6 Å². The number of H-pyrrole nitrogens is 2. The number of nitrogens with zero attached hydrogens (tertiary/aromatic N) is 4. The summed E-state index contributed by atoms with van der Waals surface area (Å²) >= 11 is 0. The molecule has 1 atom stereocenters. The molecular weight excluding hydrogens is 454 g/mol. The monoisotopic (exact) mass is 480 g/mol. The predicted molar refractivity (Wildman–Crippen MR) is 129 cm³/mol. The van der Waals surface area contributed by atoms with Crippen molar-refractivity contribution in [1.29, 1.82) is 0 Å². The van der Waals surface area contributed by atoms with Gasteiger partial charge in [-0.05, 0) is 32.8 Å². The zero-order chi connectivity index (χ0) is 24.1. The molecule has 1 unspecified atom stereocenters. The van der Waals surface area contributed by atoms with Gasteiger partial charge in [0.2, 0.25) is 0 Å². The van der Waals surface area contributed by atoms with Crippen LogP contribution in [-0.2, 0) is 0 Å². The number of rotatable bonds is 6. The van der Waals surface area contributed by atoms with Crippen molar-refractivity contribution >= 4 is 28.4 Å². The summed E-state index contributed by atoms with van der Waals surface area (Å²) in [6.07, 6.45) is 2.32. The van der Waals surface area contributed by atoms with Crippen LogP contribution in [0.3, 0.4) is 0 Å². The number of hydrogen-bond acceptors (Lipinski definition) is 7.